The molecule has 0 atom stereocenters. The lowest BCUT2D eigenvalue weighted by atomic mass is 10.1. The first-order valence-corrected chi connectivity index (χ1v) is 10.9. The summed E-state index contributed by atoms with van der Waals surface area (Å²) in [6.45, 7) is 0.613. The summed E-state index contributed by atoms with van der Waals surface area (Å²) in [6.07, 6.45) is 9.18. The van der Waals surface area contributed by atoms with Gasteiger partial charge in [-0.05, 0) is 36.6 Å². The highest BCUT2D eigenvalue weighted by atomic mass is 16.5. The van der Waals surface area contributed by atoms with E-state index in [1.807, 2.05) is 29.2 Å². The molecule has 1 aliphatic rings. The molecule has 1 aliphatic carbocycles. The van der Waals surface area contributed by atoms with E-state index in [0.717, 1.165) is 24.3 Å². The molecular formula is C25H31N3O2. The van der Waals surface area contributed by atoms with Gasteiger partial charge < -0.3 is 19.5 Å². The number of urea groups is 1. The molecule has 3 aromatic rings. The van der Waals surface area contributed by atoms with Gasteiger partial charge in [-0.2, -0.15) is 0 Å². The van der Waals surface area contributed by atoms with E-state index in [9.17, 15) is 4.79 Å². The number of benzene rings is 2. The summed E-state index contributed by atoms with van der Waals surface area (Å²) in [4.78, 5) is 15.5. The fraction of sp³-hybridized carbons (Fsp3) is 0.400. The highest BCUT2D eigenvalue weighted by Gasteiger charge is 2.26. The van der Waals surface area contributed by atoms with E-state index < -0.39 is 0 Å². The molecule has 5 heteroatoms. The molecular weight excluding hydrogens is 374 g/mol. The number of hydrogen-bond acceptors (Lipinski definition) is 2. The van der Waals surface area contributed by atoms with Crippen LogP contribution >= 0.6 is 0 Å². The van der Waals surface area contributed by atoms with E-state index >= 15 is 0 Å². The number of aryl methyl sites for hydroxylation is 1. The van der Waals surface area contributed by atoms with Gasteiger partial charge in [-0.15, -0.1) is 0 Å². The van der Waals surface area contributed by atoms with Crippen molar-refractivity contribution in [2.75, 3.05) is 12.4 Å². The number of methoxy groups -OCH3 is 1. The van der Waals surface area contributed by atoms with Crippen LogP contribution in [0.5, 0.6) is 5.75 Å². The second-order valence-electron chi connectivity index (χ2n) is 8.22. The second-order valence-corrected chi connectivity index (χ2v) is 8.22. The van der Waals surface area contributed by atoms with Crippen LogP contribution in [0.2, 0.25) is 0 Å². The first-order valence-electron chi connectivity index (χ1n) is 10.9. The van der Waals surface area contributed by atoms with Crippen LogP contribution in [0.15, 0.2) is 54.7 Å². The lowest BCUT2D eigenvalue weighted by molar-refractivity contribution is 0.176. The SMILES string of the molecule is COc1cccc(NC(=O)N(Cc2cn(C)c3ccccc23)C2CCCCCC2)c1. The average Bonchev–Trinajstić information content (AvgIpc) is 2.93. The van der Waals surface area contributed by atoms with Gasteiger partial charge in [-0.1, -0.05) is 49.9 Å². The van der Waals surface area contributed by atoms with Crippen molar-refractivity contribution in [3.05, 3.63) is 60.3 Å². The molecule has 4 rings (SSSR count). The van der Waals surface area contributed by atoms with Gasteiger partial charge in [0.2, 0.25) is 0 Å². The number of para-hydroxylation sites is 1. The van der Waals surface area contributed by atoms with Crippen molar-refractivity contribution in [2.45, 2.75) is 51.1 Å². The standard InChI is InChI=1S/C25H31N3O2/c1-27-17-19(23-14-7-8-15-24(23)27)18-28(21-11-5-3-4-6-12-21)25(29)26-20-10-9-13-22(16-20)30-2/h7-10,13-17,21H,3-6,11-12,18H2,1-2H3,(H,26,29). The van der Waals surface area contributed by atoms with Crippen LogP contribution in [-0.2, 0) is 13.6 Å². The minimum atomic E-state index is -0.0388. The van der Waals surface area contributed by atoms with E-state index in [-0.39, 0.29) is 12.1 Å². The summed E-state index contributed by atoms with van der Waals surface area (Å²) in [5, 5.41) is 4.33. The van der Waals surface area contributed by atoms with Crippen LogP contribution in [0, 0.1) is 0 Å². The number of carbonyl (C=O) groups excluding carboxylic acids is 1. The predicted octanol–water partition coefficient (Wildman–Crippen LogP) is 5.94. The normalized spacial score (nSPS) is 15.0. The summed E-state index contributed by atoms with van der Waals surface area (Å²) in [5.74, 6) is 0.739. The third-order valence-corrected chi connectivity index (χ3v) is 6.17. The van der Waals surface area contributed by atoms with Crippen molar-refractivity contribution in [3.63, 3.8) is 0 Å². The maximum absolute atomic E-state index is 13.4. The fourth-order valence-electron chi connectivity index (χ4n) is 4.57. The first-order chi connectivity index (χ1) is 14.7. The Bertz CT molecular complexity index is 1000. The van der Waals surface area contributed by atoms with Gasteiger partial charge in [0.05, 0.1) is 7.11 Å². The van der Waals surface area contributed by atoms with Gasteiger partial charge >= 0.3 is 6.03 Å². The molecule has 1 N–H and O–H groups in total. The maximum atomic E-state index is 13.4. The number of aromatic nitrogens is 1. The highest BCUT2D eigenvalue weighted by molar-refractivity contribution is 5.90. The van der Waals surface area contributed by atoms with Crippen molar-refractivity contribution in [3.8, 4) is 5.75 Å². The zero-order chi connectivity index (χ0) is 20.9. The maximum Gasteiger partial charge on any atom is 0.322 e. The smallest absolute Gasteiger partial charge is 0.322 e. The molecule has 158 valence electrons. The van der Waals surface area contributed by atoms with Crippen LogP contribution in [0.1, 0.15) is 44.1 Å². The van der Waals surface area contributed by atoms with E-state index in [4.69, 9.17) is 4.74 Å². The lowest BCUT2D eigenvalue weighted by Gasteiger charge is -2.31. The number of amides is 2. The predicted molar refractivity (Wildman–Crippen MR) is 122 cm³/mol. The number of ether oxygens (including phenoxy) is 1. The molecule has 0 spiro atoms. The van der Waals surface area contributed by atoms with Crippen LogP contribution in [0.4, 0.5) is 10.5 Å². The molecule has 0 bridgehead atoms. The summed E-state index contributed by atoms with van der Waals surface area (Å²) >= 11 is 0. The van der Waals surface area contributed by atoms with E-state index in [1.54, 1.807) is 7.11 Å². The zero-order valence-electron chi connectivity index (χ0n) is 17.9. The van der Waals surface area contributed by atoms with Gasteiger partial charge in [0, 0.05) is 48.5 Å². The Balaban J connectivity index is 1.62. The van der Waals surface area contributed by atoms with Gasteiger partial charge in [0.25, 0.3) is 0 Å². The quantitative estimate of drug-likeness (QED) is 0.534. The molecule has 2 amide bonds. The minimum Gasteiger partial charge on any atom is -0.497 e. The Kier molecular flexibility index (Phi) is 6.26. The number of anilines is 1. The van der Waals surface area contributed by atoms with Crippen LogP contribution < -0.4 is 10.1 Å². The molecule has 5 nitrogen and oxygen atoms in total. The molecule has 0 radical (unpaired) electrons. The largest absolute Gasteiger partial charge is 0.497 e. The molecule has 1 heterocycles. The molecule has 0 aliphatic heterocycles. The Morgan fingerprint density at radius 1 is 1.10 bits per heavy atom. The highest BCUT2D eigenvalue weighted by Crippen LogP contribution is 2.28. The summed E-state index contributed by atoms with van der Waals surface area (Å²) in [6, 6.07) is 16.2. The third kappa shape index (κ3) is 4.45. The number of fused-ring (bicyclic) bond motifs is 1. The van der Waals surface area contributed by atoms with Crippen molar-refractivity contribution in [1.29, 1.82) is 0 Å². The van der Waals surface area contributed by atoms with Crippen LogP contribution in [0.3, 0.4) is 0 Å². The topological polar surface area (TPSA) is 46.5 Å². The zero-order valence-corrected chi connectivity index (χ0v) is 17.9. The van der Waals surface area contributed by atoms with E-state index in [0.29, 0.717) is 6.54 Å². The number of nitrogens with zero attached hydrogens (tertiary/aromatic N) is 2. The number of nitrogens with one attached hydrogen (secondary N) is 1. The fourth-order valence-corrected chi connectivity index (χ4v) is 4.57. The molecule has 30 heavy (non-hydrogen) atoms. The van der Waals surface area contributed by atoms with Crippen molar-refractivity contribution < 1.29 is 9.53 Å². The Morgan fingerprint density at radius 2 is 1.87 bits per heavy atom. The minimum absolute atomic E-state index is 0.0388. The monoisotopic (exact) mass is 405 g/mol. The van der Waals surface area contributed by atoms with E-state index in [2.05, 4.69) is 47.4 Å². The van der Waals surface area contributed by atoms with Crippen LogP contribution in [0.25, 0.3) is 10.9 Å². The molecule has 1 fully saturated rings. The molecule has 0 unspecified atom stereocenters. The van der Waals surface area contributed by atoms with Crippen molar-refractivity contribution in [2.24, 2.45) is 7.05 Å². The summed E-state index contributed by atoms with van der Waals surface area (Å²) in [7, 11) is 3.71. The third-order valence-electron chi connectivity index (χ3n) is 6.17. The number of rotatable bonds is 5. The van der Waals surface area contributed by atoms with E-state index in [1.165, 1.54) is 42.1 Å². The first kappa shape index (κ1) is 20.3. The Morgan fingerprint density at radius 3 is 2.63 bits per heavy atom. The number of hydrogen-bond donors (Lipinski definition) is 1. The summed E-state index contributed by atoms with van der Waals surface area (Å²) in [5.41, 5.74) is 3.15. The Hall–Kier alpha value is -2.95. The van der Waals surface area contributed by atoms with Gasteiger partial charge in [0.1, 0.15) is 5.75 Å². The lowest BCUT2D eigenvalue weighted by Crippen LogP contribution is -2.42. The summed E-state index contributed by atoms with van der Waals surface area (Å²) < 4.78 is 7.46. The Labute approximate surface area is 178 Å². The average molecular weight is 406 g/mol. The molecule has 2 aromatic carbocycles. The van der Waals surface area contributed by atoms with Crippen molar-refractivity contribution >= 4 is 22.6 Å². The molecule has 1 saturated carbocycles. The van der Waals surface area contributed by atoms with Crippen LogP contribution in [-0.4, -0.2) is 28.6 Å². The van der Waals surface area contributed by atoms with Gasteiger partial charge in [-0.25, -0.2) is 4.79 Å². The van der Waals surface area contributed by atoms with Crippen molar-refractivity contribution in [1.82, 2.24) is 9.47 Å². The van der Waals surface area contributed by atoms with Gasteiger partial charge in [0.15, 0.2) is 0 Å². The van der Waals surface area contributed by atoms with Gasteiger partial charge in [-0.3, -0.25) is 0 Å². The second kappa shape index (κ2) is 9.24. The molecule has 1 aromatic heterocycles. The number of carbonyl (C=O) groups is 1. The molecule has 0 saturated heterocycles.